The molecule has 116 valence electrons. The van der Waals surface area contributed by atoms with Crippen molar-refractivity contribution in [2.45, 2.75) is 39.2 Å². The molecule has 2 rings (SSSR count). The van der Waals surface area contributed by atoms with Crippen LogP contribution in [-0.2, 0) is 0 Å². The van der Waals surface area contributed by atoms with Gasteiger partial charge in [0.05, 0.1) is 0 Å². The summed E-state index contributed by atoms with van der Waals surface area (Å²) >= 11 is 0. The molecule has 5 nitrogen and oxygen atoms in total. The summed E-state index contributed by atoms with van der Waals surface area (Å²) in [6.45, 7) is 7.08. The van der Waals surface area contributed by atoms with Gasteiger partial charge >= 0.3 is 0 Å². The number of carbonyl (C=O) groups excluding carboxylic acids is 1. The quantitative estimate of drug-likeness (QED) is 0.572. The van der Waals surface area contributed by atoms with Gasteiger partial charge in [-0.1, -0.05) is 6.42 Å². The van der Waals surface area contributed by atoms with Crippen molar-refractivity contribution < 1.29 is 4.79 Å². The van der Waals surface area contributed by atoms with Crippen LogP contribution in [0.15, 0.2) is 18.2 Å². The van der Waals surface area contributed by atoms with Gasteiger partial charge in [-0.25, -0.2) is 0 Å². The molecule has 0 bridgehead atoms. The van der Waals surface area contributed by atoms with E-state index >= 15 is 0 Å². The molecule has 1 saturated heterocycles. The maximum Gasteiger partial charge on any atom is 0.251 e. The van der Waals surface area contributed by atoms with E-state index in [2.05, 4.69) is 22.6 Å². The number of benzene rings is 1. The molecule has 1 aromatic carbocycles. The lowest BCUT2D eigenvalue weighted by atomic mass is 10.1. The Balaban J connectivity index is 1.89. The first-order chi connectivity index (χ1) is 10.1. The normalized spacial score (nSPS) is 17.3. The number of piperidine rings is 1. The van der Waals surface area contributed by atoms with Crippen LogP contribution < -0.4 is 16.6 Å². The highest BCUT2D eigenvalue weighted by molar-refractivity contribution is 5.96. The Morgan fingerprint density at radius 2 is 2.05 bits per heavy atom. The van der Waals surface area contributed by atoms with Gasteiger partial charge in [-0.3, -0.25) is 15.5 Å². The standard InChI is InChI=1S/C16H26N4O/c1-12-10-14(19-17)6-7-15(12)16(21)18-11-13(2)20-8-4-3-5-9-20/h6-7,10,13,19H,3-5,8-9,11,17H2,1-2H3,(H,18,21). The van der Waals surface area contributed by atoms with Crippen LogP contribution >= 0.6 is 0 Å². The van der Waals surface area contributed by atoms with Crippen LogP contribution in [0.2, 0.25) is 0 Å². The van der Waals surface area contributed by atoms with Gasteiger partial charge < -0.3 is 10.7 Å². The number of amides is 1. The van der Waals surface area contributed by atoms with Crippen molar-refractivity contribution in [1.29, 1.82) is 0 Å². The molecule has 0 spiro atoms. The van der Waals surface area contributed by atoms with Crippen molar-refractivity contribution in [1.82, 2.24) is 10.2 Å². The molecule has 21 heavy (non-hydrogen) atoms. The van der Waals surface area contributed by atoms with Crippen LogP contribution in [0.5, 0.6) is 0 Å². The van der Waals surface area contributed by atoms with Gasteiger partial charge in [-0.2, -0.15) is 0 Å². The second-order valence-electron chi connectivity index (χ2n) is 5.83. The molecule has 1 aliphatic rings. The zero-order valence-corrected chi connectivity index (χ0v) is 13.0. The maximum absolute atomic E-state index is 12.3. The SMILES string of the molecule is Cc1cc(NN)ccc1C(=O)NCC(C)N1CCCCC1. The van der Waals surface area contributed by atoms with Crippen LogP contribution in [0.4, 0.5) is 5.69 Å². The van der Waals surface area contributed by atoms with Crippen LogP contribution in [0.25, 0.3) is 0 Å². The fourth-order valence-corrected chi connectivity index (χ4v) is 2.83. The van der Waals surface area contributed by atoms with Gasteiger partial charge in [0, 0.05) is 23.8 Å². The number of nitrogens with two attached hydrogens (primary N) is 1. The predicted molar refractivity (Wildman–Crippen MR) is 86.2 cm³/mol. The largest absolute Gasteiger partial charge is 0.350 e. The summed E-state index contributed by atoms with van der Waals surface area (Å²) < 4.78 is 0. The summed E-state index contributed by atoms with van der Waals surface area (Å²) in [5, 5.41) is 3.04. The van der Waals surface area contributed by atoms with Crippen molar-refractivity contribution in [2.24, 2.45) is 5.84 Å². The first kappa shape index (κ1) is 15.8. The predicted octanol–water partition coefficient (Wildman–Crippen LogP) is 1.88. The first-order valence-electron chi connectivity index (χ1n) is 7.71. The maximum atomic E-state index is 12.3. The Bertz CT molecular complexity index is 483. The molecule has 1 aromatic rings. The Morgan fingerprint density at radius 3 is 2.67 bits per heavy atom. The molecule has 0 saturated carbocycles. The highest BCUT2D eigenvalue weighted by Crippen LogP contribution is 2.15. The molecule has 1 unspecified atom stereocenters. The molecule has 0 aliphatic carbocycles. The van der Waals surface area contributed by atoms with E-state index in [1.807, 2.05) is 25.1 Å². The average molecular weight is 290 g/mol. The Morgan fingerprint density at radius 1 is 1.33 bits per heavy atom. The van der Waals surface area contributed by atoms with Gasteiger partial charge in [0.15, 0.2) is 0 Å². The topological polar surface area (TPSA) is 70.4 Å². The molecule has 0 radical (unpaired) electrons. The second-order valence-corrected chi connectivity index (χ2v) is 5.83. The van der Waals surface area contributed by atoms with E-state index in [1.165, 1.54) is 19.3 Å². The molecule has 4 N–H and O–H groups in total. The minimum atomic E-state index is -0.0140. The number of nitrogens with zero attached hydrogens (tertiary/aromatic N) is 1. The number of nitrogen functional groups attached to an aromatic ring is 1. The van der Waals surface area contributed by atoms with E-state index in [9.17, 15) is 4.79 Å². The van der Waals surface area contributed by atoms with Crippen LogP contribution in [0.1, 0.15) is 42.1 Å². The number of rotatable bonds is 5. The van der Waals surface area contributed by atoms with Gasteiger partial charge in [-0.15, -0.1) is 0 Å². The third-order valence-electron chi connectivity index (χ3n) is 4.21. The van der Waals surface area contributed by atoms with Gasteiger partial charge in [-0.05, 0) is 63.5 Å². The van der Waals surface area contributed by atoms with Crippen LogP contribution in [0, 0.1) is 6.92 Å². The van der Waals surface area contributed by atoms with E-state index in [1.54, 1.807) is 0 Å². The van der Waals surface area contributed by atoms with Gasteiger partial charge in [0.2, 0.25) is 0 Å². The summed E-state index contributed by atoms with van der Waals surface area (Å²) in [5.41, 5.74) is 5.03. The molecular weight excluding hydrogens is 264 g/mol. The van der Waals surface area contributed by atoms with Crippen molar-refractivity contribution >= 4 is 11.6 Å². The lowest BCUT2D eigenvalue weighted by Gasteiger charge is -2.32. The molecular formula is C16H26N4O. The summed E-state index contributed by atoms with van der Waals surface area (Å²) in [6, 6.07) is 5.89. The third-order valence-corrected chi connectivity index (χ3v) is 4.21. The zero-order chi connectivity index (χ0) is 15.2. The number of hydrazine groups is 1. The minimum absolute atomic E-state index is 0.0140. The molecule has 1 fully saturated rings. The van der Waals surface area contributed by atoms with Crippen molar-refractivity contribution in [3.05, 3.63) is 29.3 Å². The monoisotopic (exact) mass is 290 g/mol. The summed E-state index contributed by atoms with van der Waals surface area (Å²) in [4.78, 5) is 14.7. The van der Waals surface area contributed by atoms with E-state index in [0.29, 0.717) is 18.2 Å². The van der Waals surface area contributed by atoms with E-state index < -0.39 is 0 Å². The molecule has 0 aromatic heterocycles. The highest BCUT2D eigenvalue weighted by Gasteiger charge is 2.17. The fourth-order valence-electron chi connectivity index (χ4n) is 2.83. The second kappa shape index (κ2) is 7.43. The first-order valence-corrected chi connectivity index (χ1v) is 7.71. The van der Waals surface area contributed by atoms with Crippen molar-refractivity contribution in [3.63, 3.8) is 0 Å². The van der Waals surface area contributed by atoms with E-state index in [4.69, 9.17) is 5.84 Å². The number of hydrogen-bond donors (Lipinski definition) is 3. The van der Waals surface area contributed by atoms with Crippen molar-refractivity contribution in [2.75, 3.05) is 25.1 Å². The summed E-state index contributed by atoms with van der Waals surface area (Å²) in [7, 11) is 0. The van der Waals surface area contributed by atoms with E-state index in [-0.39, 0.29) is 5.91 Å². The fraction of sp³-hybridized carbons (Fsp3) is 0.562. The Hall–Kier alpha value is -1.59. The number of nitrogens with one attached hydrogen (secondary N) is 2. The molecule has 1 heterocycles. The van der Waals surface area contributed by atoms with E-state index in [0.717, 1.165) is 24.3 Å². The summed E-state index contributed by atoms with van der Waals surface area (Å²) in [5.74, 6) is 5.36. The molecule has 1 aliphatic heterocycles. The number of aryl methyl sites for hydroxylation is 1. The number of hydrogen-bond acceptors (Lipinski definition) is 4. The Kier molecular flexibility index (Phi) is 5.59. The molecule has 1 amide bonds. The average Bonchev–Trinajstić information content (AvgIpc) is 2.52. The van der Waals surface area contributed by atoms with Crippen LogP contribution in [0.3, 0.4) is 0 Å². The molecule has 1 atom stereocenters. The highest BCUT2D eigenvalue weighted by atomic mass is 16.1. The number of carbonyl (C=O) groups is 1. The van der Waals surface area contributed by atoms with Crippen molar-refractivity contribution in [3.8, 4) is 0 Å². The molecule has 5 heteroatoms. The number of likely N-dealkylation sites (tertiary alicyclic amines) is 1. The smallest absolute Gasteiger partial charge is 0.251 e. The Labute approximate surface area is 126 Å². The number of anilines is 1. The lowest BCUT2D eigenvalue weighted by molar-refractivity contribution is 0.0929. The minimum Gasteiger partial charge on any atom is -0.350 e. The zero-order valence-electron chi connectivity index (χ0n) is 13.0. The van der Waals surface area contributed by atoms with Crippen LogP contribution in [-0.4, -0.2) is 36.5 Å². The third kappa shape index (κ3) is 4.19. The lowest BCUT2D eigenvalue weighted by Crippen LogP contribution is -2.44. The summed E-state index contributed by atoms with van der Waals surface area (Å²) in [6.07, 6.45) is 3.87. The van der Waals surface area contributed by atoms with Gasteiger partial charge in [0.1, 0.15) is 0 Å². The van der Waals surface area contributed by atoms with Gasteiger partial charge in [0.25, 0.3) is 5.91 Å².